The van der Waals surface area contributed by atoms with Crippen LogP contribution in [-0.4, -0.2) is 30.4 Å². The molecule has 1 atom stereocenters. The highest BCUT2D eigenvalue weighted by molar-refractivity contribution is 5.85. The van der Waals surface area contributed by atoms with Crippen LogP contribution in [0.4, 0.5) is 0 Å². The van der Waals surface area contributed by atoms with Gasteiger partial charge in [0.15, 0.2) is 0 Å². The molecule has 0 fully saturated rings. The Kier molecular flexibility index (Phi) is 8.72. The lowest BCUT2D eigenvalue weighted by molar-refractivity contribution is -0.131. The smallest absolute Gasteiger partial charge is 0.223 e. The molecular weight excluding hydrogens is 296 g/mol. The predicted molar refractivity (Wildman–Crippen MR) is 96.4 cm³/mol. The zero-order valence-corrected chi connectivity index (χ0v) is 15.3. The largest absolute Gasteiger partial charge is 0.346 e. The molecule has 2 N–H and O–H groups in total. The van der Waals surface area contributed by atoms with Crippen LogP contribution in [0.5, 0.6) is 0 Å². The molecular formula is C18H31ClN2O. The number of hydrogen-bond donors (Lipinski definition) is 1. The highest BCUT2D eigenvalue weighted by Gasteiger charge is 2.25. The van der Waals surface area contributed by atoms with Gasteiger partial charge in [0.05, 0.1) is 0 Å². The Morgan fingerprint density at radius 3 is 2.27 bits per heavy atom. The minimum atomic E-state index is -0.146. The molecule has 0 bridgehead atoms. The second-order valence-corrected chi connectivity index (χ2v) is 6.94. The van der Waals surface area contributed by atoms with E-state index in [9.17, 15) is 4.79 Å². The molecule has 1 rings (SSSR count). The molecule has 1 aromatic rings. The third kappa shape index (κ3) is 6.37. The molecule has 1 unspecified atom stereocenters. The fraction of sp³-hybridized carbons (Fsp3) is 0.611. The number of nitrogens with two attached hydrogens (primary N) is 1. The van der Waals surface area contributed by atoms with Gasteiger partial charge in [-0.05, 0) is 23.3 Å². The number of rotatable bonds is 7. The van der Waals surface area contributed by atoms with Crippen molar-refractivity contribution in [2.75, 3.05) is 13.6 Å². The molecule has 1 aromatic carbocycles. The van der Waals surface area contributed by atoms with Crippen molar-refractivity contribution in [2.24, 2.45) is 11.7 Å². The summed E-state index contributed by atoms with van der Waals surface area (Å²) in [5.41, 5.74) is 7.10. The highest BCUT2D eigenvalue weighted by Crippen LogP contribution is 2.27. The molecule has 0 saturated heterocycles. The van der Waals surface area contributed by atoms with E-state index in [1.807, 2.05) is 30.1 Å². The molecule has 0 aliphatic rings. The molecule has 0 heterocycles. The molecule has 3 nitrogen and oxygen atoms in total. The lowest BCUT2D eigenvalue weighted by atomic mass is 9.81. The Labute approximate surface area is 141 Å². The Morgan fingerprint density at radius 1 is 1.23 bits per heavy atom. The van der Waals surface area contributed by atoms with Gasteiger partial charge in [-0.25, -0.2) is 0 Å². The van der Waals surface area contributed by atoms with Gasteiger partial charge < -0.3 is 10.6 Å². The molecule has 0 radical (unpaired) electrons. The van der Waals surface area contributed by atoms with E-state index in [2.05, 4.69) is 39.8 Å². The lowest BCUT2D eigenvalue weighted by Crippen LogP contribution is -2.37. The minimum Gasteiger partial charge on any atom is -0.346 e. The molecule has 0 aliphatic heterocycles. The van der Waals surface area contributed by atoms with Gasteiger partial charge in [-0.15, -0.1) is 12.4 Å². The number of carbonyl (C=O) groups is 1. The monoisotopic (exact) mass is 326 g/mol. The Hall–Kier alpha value is -1.06. The van der Waals surface area contributed by atoms with Crippen LogP contribution in [0.25, 0.3) is 0 Å². The van der Waals surface area contributed by atoms with E-state index in [1.165, 1.54) is 5.56 Å². The van der Waals surface area contributed by atoms with Gasteiger partial charge in [-0.3, -0.25) is 4.79 Å². The zero-order valence-electron chi connectivity index (χ0n) is 14.5. The quantitative estimate of drug-likeness (QED) is 0.832. The standard InChI is InChI=1S/C18H30N2O.ClH/c1-14(2)16(19)11-12-20(5)17(21)13-18(3,4)15-9-7-6-8-10-15;/h6-10,14,16H,11-13,19H2,1-5H3;1H. The third-order valence-corrected chi connectivity index (χ3v) is 4.23. The predicted octanol–water partition coefficient (Wildman–Crippen LogP) is 3.61. The van der Waals surface area contributed by atoms with Crippen molar-refractivity contribution >= 4 is 18.3 Å². The van der Waals surface area contributed by atoms with Crippen molar-refractivity contribution < 1.29 is 4.79 Å². The maximum atomic E-state index is 12.4. The zero-order chi connectivity index (χ0) is 16.0. The summed E-state index contributed by atoms with van der Waals surface area (Å²) in [5, 5.41) is 0. The first-order valence-corrected chi connectivity index (χ1v) is 7.79. The summed E-state index contributed by atoms with van der Waals surface area (Å²) >= 11 is 0. The van der Waals surface area contributed by atoms with E-state index >= 15 is 0 Å². The van der Waals surface area contributed by atoms with E-state index in [1.54, 1.807) is 0 Å². The molecule has 22 heavy (non-hydrogen) atoms. The number of benzene rings is 1. The van der Waals surface area contributed by atoms with Gasteiger partial charge in [-0.1, -0.05) is 58.0 Å². The van der Waals surface area contributed by atoms with Crippen LogP contribution in [0.3, 0.4) is 0 Å². The Balaban J connectivity index is 0.00000441. The van der Waals surface area contributed by atoms with Crippen molar-refractivity contribution in [1.82, 2.24) is 4.90 Å². The average Bonchev–Trinajstić information content (AvgIpc) is 2.44. The number of halogens is 1. The first kappa shape index (κ1) is 20.9. The summed E-state index contributed by atoms with van der Waals surface area (Å²) in [5.74, 6) is 0.633. The van der Waals surface area contributed by atoms with Crippen LogP contribution < -0.4 is 5.73 Å². The molecule has 0 saturated carbocycles. The van der Waals surface area contributed by atoms with Crippen LogP contribution in [0, 0.1) is 5.92 Å². The van der Waals surface area contributed by atoms with Crippen molar-refractivity contribution in [3.8, 4) is 0 Å². The van der Waals surface area contributed by atoms with E-state index in [-0.39, 0.29) is 29.8 Å². The maximum Gasteiger partial charge on any atom is 0.223 e. The van der Waals surface area contributed by atoms with Crippen molar-refractivity contribution in [3.63, 3.8) is 0 Å². The van der Waals surface area contributed by atoms with Gasteiger partial charge >= 0.3 is 0 Å². The second kappa shape index (κ2) is 9.16. The normalized spacial score (nSPS) is 12.7. The van der Waals surface area contributed by atoms with Gasteiger partial charge in [0.25, 0.3) is 0 Å². The topological polar surface area (TPSA) is 46.3 Å². The Bertz CT molecular complexity index is 446. The van der Waals surface area contributed by atoms with Crippen LogP contribution in [0.15, 0.2) is 30.3 Å². The molecule has 0 aromatic heterocycles. The van der Waals surface area contributed by atoms with E-state index < -0.39 is 0 Å². The third-order valence-electron chi connectivity index (χ3n) is 4.23. The summed E-state index contributed by atoms with van der Waals surface area (Å²) in [6.07, 6.45) is 1.37. The fourth-order valence-corrected chi connectivity index (χ4v) is 2.31. The van der Waals surface area contributed by atoms with Crippen molar-refractivity contribution in [3.05, 3.63) is 35.9 Å². The minimum absolute atomic E-state index is 0. The highest BCUT2D eigenvalue weighted by atomic mass is 35.5. The van der Waals surface area contributed by atoms with E-state index in [0.717, 1.165) is 13.0 Å². The van der Waals surface area contributed by atoms with Gasteiger partial charge in [0.2, 0.25) is 5.91 Å². The number of nitrogens with zero attached hydrogens (tertiary/aromatic N) is 1. The van der Waals surface area contributed by atoms with Crippen LogP contribution >= 0.6 is 12.4 Å². The molecule has 0 aliphatic carbocycles. The number of amides is 1. The summed E-state index contributed by atoms with van der Waals surface area (Å²) in [6.45, 7) is 9.20. The van der Waals surface area contributed by atoms with E-state index in [0.29, 0.717) is 12.3 Å². The van der Waals surface area contributed by atoms with Gasteiger partial charge in [0, 0.05) is 26.1 Å². The lowest BCUT2D eigenvalue weighted by Gasteiger charge is -2.28. The average molecular weight is 327 g/mol. The van der Waals surface area contributed by atoms with Gasteiger partial charge in [-0.2, -0.15) is 0 Å². The SMILES string of the molecule is CC(C)C(N)CCN(C)C(=O)CC(C)(C)c1ccccc1.Cl. The first-order valence-electron chi connectivity index (χ1n) is 7.79. The summed E-state index contributed by atoms with van der Waals surface area (Å²) in [6, 6.07) is 10.4. The number of carbonyl (C=O) groups excluding carboxylic acids is 1. The molecule has 126 valence electrons. The second-order valence-electron chi connectivity index (χ2n) is 6.94. The number of hydrogen-bond acceptors (Lipinski definition) is 2. The fourth-order valence-electron chi connectivity index (χ4n) is 2.31. The van der Waals surface area contributed by atoms with Crippen molar-refractivity contribution in [1.29, 1.82) is 0 Å². The molecule has 0 spiro atoms. The van der Waals surface area contributed by atoms with Crippen LogP contribution in [0.2, 0.25) is 0 Å². The van der Waals surface area contributed by atoms with E-state index in [4.69, 9.17) is 5.73 Å². The van der Waals surface area contributed by atoms with Crippen molar-refractivity contribution in [2.45, 2.75) is 52.0 Å². The van der Waals surface area contributed by atoms with Gasteiger partial charge in [0.1, 0.15) is 0 Å². The molecule has 1 amide bonds. The maximum absolute atomic E-state index is 12.4. The summed E-state index contributed by atoms with van der Waals surface area (Å²) in [4.78, 5) is 14.2. The summed E-state index contributed by atoms with van der Waals surface area (Å²) in [7, 11) is 1.87. The first-order chi connectivity index (χ1) is 9.74. The summed E-state index contributed by atoms with van der Waals surface area (Å²) < 4.78 is 0. The molecule has 4 heteroatoms. The van der Waals surface area contributed by atoms with Crippen LogP contribution in [-0.2, 0) is 10.2 Å². The van der Waals surface area contributed by atoms with Crippen LogP contribution in [0.1, 0.15) is 46.1 Å². The Morgan fingerprint density at radius 2 is 1.77 bits per heavy atom.